The van der Waals surface area contributed by atoms with Gasteiger partial charge in [-0.3, -0.25) is 0 Å². The Bertz CT molecular complexity index is 109. The summed E-state index contributed by atoms with van der Waals surface area (Å²) in [5.74, 6) is 0. The van der Waals surface area contributed by atoms with E-state index in [0.717, 1.165) is 6.04 Å². The number of rotatable bonds is 2. The van der Waals surface area contributed by atoms with E-state index in [-0.39, 0.29) is 0 Å². The van der Waals surface area contributed by atoms with Crippen LogP contribution in [0.1, 0.15) is 6.42 Å². The van der Waals surface area contributed by atoms with Crippen molar-refractivity contribution in [3.8, 4) is 0 Å². The van der Waals surface area contributed by atoms with Gasteiger partial charge >= 0.3 is 0 Å². The van der Waals surface area contributed by atoms with Gasteiger partial charge in [0.15, 0.2) is 0 Å². The Kier molecular flexibility index (Phi) is 2.87. The van der Waals surface area contributed by atoms with Crippen molar-refractivity contribution in [2.75, 3.05) is 41.3 Å². The van der Waals surface area contributed by atoms with Gasteiger partial charge in [-0.05, 0) is 20.5 Å². The van der Waals surface area contributed by atoms with Gasteiger partial charge in [0.05, 0.1) is 0 Å². The Morgan fingerprint density at radius 1 is 1.18 bits per heavy atom. The van der Waals surface area contributed by atoms with E-state index < -0.39 is 0 Å². The second-order valence-corrected chi connectivity index (χ2v) is 3.67. The molecule has 1 aliphatic rings. The summed E-state index contributed by atoms with van der Waals surface area (Å²) in [5, 5.41) is 4.56. The van der Waals surface area contributed by atoms with Crippen molar-refractivity contribution in [3.05, 3.63) is 0 Å². The monoisotopic (exact) mass is 157 g/mol. The summed E-state index contributed by atoms with van der Waals surface area (Å²) in [6.45, 7) is 2.38. The number of hydrogen-bond donors (Lipinski definition) is 0. The molecule has 1 atom stereocenters. The van der Waals surface area contributed by atoms with Crippen LogP contribution in [-0.2, 0) is 0 Å². The zero-order chi connectivity index (χ0) is 8.43. The van der Waals surface area contributed by atoms with Crippen molar-refractivity contribution in [1.29, 1.82) is 0 Å². The van der Waals surface area contributed by atoms with Crippen LogP contribution in [0.5, 0.6) is 0 Å². The predicted octanol–water partition coefficient (Wildman–Crippen LogP) is 0.0989. The summed E-state index contributed by atoms with van der Waals surface area (Å²) in [6, 6.07) is 0.748. The minimum atomic E-state index is 0.748. The molecule has 1 heterocycles. The largest absolute Gasteiger partial charge is 0.305 e. The third-order valence-corrected chi connectivity index (χ3v) is 2.44. The number of likely N-dealkylation sites (N-methyl/N-ethyl adjacent to an activating group) is 1. The summed E-state index contributed by atoms with van der Waals surface area (Å²) >= 11 is 0. The van der Waals surface area contributed by atoms with E-state index in [4.69, 9.17) is 0 Å². The SMILES string of the molecule is CN(C)C1CCN(N(C)C)C1. The van der Waals surface area contributed by atoms with Crippen LogP contribution in [0.25, 0.3) is 0 Å². The average molecular weight is 157 g/mol. The van der Waals surface area contributed by atoms with Gasteiger partial charge in [-0.1, -0.05) is 0 Å². The first-order valence-electron chi connectivity index (χ1n) is 4.20. The smallest absolute Gasteiger partial charge is 0.0289 e. The quantitative estimate of drug-likeness (QED) is 0.563. The first-order chi connectivity index (χ1) is 5.11. The third-order valence-electron chi connectivity index (χ3n) is 2.44. The van der Waals surface area contributed by atoms with Gasteiger partial charge in [-0.25, -0.2) is 10.0 Å². The summed E-state index contributed by atoms with van der Waals surface area (Å²) < 4.78 is 0. The molecule has 0 radical (unpaired) electrons. The van der Waals surface area contributed by atoms with Gasteiger partial charge < -0.3 is 4.90 Å². The molecule has 3 nitrogen and oxygen atoms in total. The van der Waals surface area contributed by atoms with E-state index >= 15 is 0 Å². The lowest BCUT2D eigenvalue weighted by Crippen LogP contribution is -2.38. The van der Waals surface area contributed by atoms with Crippen molar-refractivity contribution in [1.82, 2.24) is 14.9 Å². The van der Waals surface area contributed by atoms with Crippen LogP contribution in [0.4, 0.5) is 0 Å². The van der Waals surface area contributed by atoms with E-state index in [1.54, 1.807) is 0 Å². The lowest BCUT2D eigenvalue weighted by atomic mass is 10.2. The molecule has 3 heteroatoms. The van der Waals surface area contributed by atoms with E-state index in [0.29, 0.717) is 0 Å². The fourth-order valence-electron chi connectivity index (χ4n) is 1.51. The van der Waals surface area contributed by atoms with Crippen LogP contribution in [0.3, 0.4) is 0 Å². The number of hydrazine groups is 1. The summed E-state index contributed by atoms with van der Waals surface area (Å²) in [7, 11) is 8.53. The molecule has 1 rings (SSSR count). The summed E-state index contributed by atoms with van der Waals surface area (Å²) in [5.41, 5.74) is 0. The average Bonchev–Trinajstić information content (AvgIpc) is 2.33. The minimum absolute atomic E-state index is 0.748. The molecule has 0 amide bonds. The van der Waals surface area contributed by atoms with Gasteiger partial charge in [0.25, 0.3) is 0 Å². The van der Waals surface area contributed by atoms with Crippen LogP contribution in [0, 0.1) is 0 Å². The summed E-state index contributed by atoms with van der Waals surface area (Å²) in [4.78, 5) is 2.31. The minimum Gasteiger partial charge on any atom is -0.305 e. The highest BCUT2D eigenvalue weighted by molar-refractivity contribution is 4.78. The Balaban J connectivity index is 2.35. The molecular weight excluding hydrogens is 138 g/mol. The van der Waals surface area contributed by atoms with Gasteiger partial charge in [0.2, 0.25) is 0 Å². The van der Waals surface area contributed by atoms with Crippen LogP contribution in [0.2, 0.25) is 0 Å². The molecule has 0 N–H and O–H groups in total. The lowest BCUT2D eigenvalue weighted by molar-refractivity contribution is 0.0465. The highest BCUT2D eigenvalue weighted by Crippen LogP contribution is 2.12. The van der Waals surface area contributed by atoms with Crippen molar-refractivity contribution < 1.29 is 0 Å². The molecule has 0 aliphatic carbocycles. The van der Waals surface area contributed by atoms with Crippen LogP contribution in [0.15, 0.2) is 0 Å². The maximum Gasteiger partial charge on any atom is 0.0289 e. The molecule has 1 saturated heterocycles. The Morgan fingerprint density at radius 2 is 1.82 bits per heavy atom. The maximum absolute atomic E-state index is 2.38. The molecule has 0 bridgehead atoms. The Morgan fingerprint density at radius 3 is 2.09 bits per heavy atom. The van der Waals surface area contributed by atoms with E-state index in [2.05, 4.69) is 43.1 Å². The summed E-state index contributed by atoms with van der Waals surface area (Å²) in [6.07, 6.45) is 1.30. The van der Waals surface area contributed by atoms with Crippen LogP contribution >= 0.6 is 0 Å². The van der Waals surface area contributed by atoms with Gasteiger partial charge in [-0.15, -0.1) is 0 Å². The van der Waals surface area contributed by atoms with Crippen molar-refractivity contribution in [2.45, 2.75) is 12.5 Å². The Labute approximate surface area is 69.5 Å². The molecule has 0 aromatic carbocycles. The van der Waals surface area contributed by atoms with E-state index in [1.165, 1.54) is 19.5 Å². The lowest BCUT2D eigenvalue weighted by Gasteiger charge is -2.25. The first kappa shape index (κ1) is 8.97. The molecule has 0 spiro atoms. The normalized spacial score (nSPS) is 27.3. The first-order valence-corrected chi connectivity index (χ1v) is 4.20. The predicted molar refractivity (Wildman–Crippen MR) is 47.4 cm³/mol. The zero-order valence-corrected chi connectivity index (χ0v) is 8.04. The third kappa shape index (κ3) is 2.15. The molecule has 1 unspecified atom stereocenters. The second-order valence-electron chi connectivity index (χ2n) is 3.67. The van der Waals surface area contributed by atoms with Crippen LogP contribution < -0.4 is 0 Å². The Hall–Kier alpha value is -0.120. The van der Waals surface area contributed by atoms with Gasteiger partial charge in [-0.2, -0.15) is 0 Å². The standard InChI is InChI=1S/C8H19N3/c1-9(2)8-5-6-11(7-8)10(3)4/h8H,5-7H2,1-4H3. The van der Waals surface area contributed by atoms with E-state index in [9.17, 15) is 0 Å². The fourth-order valence-corrected chi connectivity index (χ4v) is 1.51. The topological polar surface area (TPSA) is 9.72 Å². The van der Waals surface area contributed by atoms with Crippen molar-refractivity contribution >= 4 is 0 Å². The highest BCUT2D eigenvalue weighted by Gasteiger charge is 2.24. The van der Waals surface area contributed by atoms with Crippen molar-refractivity contribution in [2.24, 2.45) is 0 Å². The van der Waals surface area contributed by atoms with Crippen molar-refractivity contribution in [3.63, 3.8) is 0 Å². The molecule has 1 aliphatic heterocycles. The molecule has 1 fully saturated rings. The molecule has 0 aromatic heterocycles. The molecule has 0 aromatic rings. The van der Waals surface area contributed by atoms with Gasteiger partial charge in [0, 0.05) is 33.2 Å². The zero-order valence-electron chi connectivity index (χ0n) is 8.04. The number of nitrogens with zero attached hydrogens (tertiary/aromatic N) is 3. The molecule has 11 heavy (non-hydrogen) atoms. The second kappa shape index (κ2) is 3.52. The molecule has 0 saturated carbocycles. The van der Waals surface area contributed by atoms with Crippen LogP contribution in [-0.4, -0.2) is 62.2 Å². The van der Waals surface area contributed by atoms with E-state index in [1.807, 2.05) is 0 Å². The molecular formula is C8H19N3. The highest BCUT2D eigenvalue weighted by atomic mass is 15.6. The fraction of sp³-hybridized carbons (Fsp3) is 1.00. The molecule has 66 valence electrons. The maximum atomic E-state index is 2.38. The number of hydrogen-bond acceptors (Lipinski definition) is 3. The van der Waals surface area contributed by atoms with Gasteiger partial charge in [0.1, 0.15) is 0 Å².